The van der Waals surface area contributed by atoms with Crippen LogP contribution in [-0.2, 0) is 17.9 Å². The zero-order valence-corrected chi connectivity index (χ0v) is 17.3. The van der Waals surface area contributed by atoms with Crippen LogP contribution in [-0.4, -0.2) is 57.3 Å². The van der Waals surface area contributed by atoms with Crippen LogP contribution in [0, 0.1) is 0 Å². The van der Waals surface area contributed by atoms with Crippen LogP contribution >= 0.6 is 0 Å². The van der Waals surface area contributed by atoms with E-state index in [4.69, 9.17) is 4.98 Å². The van der Waals surface area contributed by atoms with Gasteiger partial charge in [0, 0.05) is 24.7 Å². The molecule has 6 nitrogen and oxygen atoms in total. The summed E-state index contributed by atoms with van der Waals surface area (Å²) in [5, 5.41) is 0. The van der Waals surface area contributed by atoms with Gasteiger partial charge in [0.25, 0.3) is 5.91 Å². The number of urea groups is 1. The Morgan fingerprint density at radius 2 is 1.67 bits per heavy atom. The summed E-state index contributed by atoms with van der Waals surface area (Å²) >= 11 is 0. The molecular formula is C24H28N4O2. The van der Waals surface area contributed by atoms with E-state index in [0.717, 1.165) is 55.0 Å². The SMILES string of the molecule is O=C1CN(Cc2ccc(-c3cccc(CN4CCCCC4)n3)cc2)C(=O)N1C1CC1. The molecule has 6 heteroatoms. The van der Waals surface area contributed by atoms with Gasteiger partial charge < -0.3 is 4.90 Å². The second-order valence-electron chi connectivity index (χ2n) is 8.68. The molecule has 0 unspecified atom stereocenters. The van der Waals surface area contributed by atoms with Crippen molar-refractivity contribution < 1.29 is 9.59 Å². The molecule has 3 aliphatic rings. The number of carbonyl (C=O) groups excluding carboxylic acids is 2. The van der Waals surface area contributed by atoms with E-state index in [2.05, 4.69) is 29.2 Å². The van der Waals surface area contributed by atoms with Gasteiger partial charge in [0.15, 0.2) is 0 Å². The molecule has 2 aliphatic heterocycles. The highest BCUT2D eigenvalue weighted by Gasteiger charge is 2.44. The number of nitrogens with zero attached hydrogens (tertiary/aromatic N) is 4. The van der Waals surface area contributed by atoms with Gasteiger partial charge in [0.05, 0.1) is 11.4 Å². The molecule has 0 bridgehead atoms. The third-order valence-corrected chi connectivity index (χ3v) is 6.25. The first-order valence-corrected chi connectivity index (χ1v) is 11.1. The maximum Gasteiger partial charge on any atom is 0.327 e. The van der Waals surface area contributed by atoms with Gasteiger partial charge in [0.2, 0.25) is 0 Å². The van der Waals surface area contributed by atoms with Gasteiger partial charge in [0.1, 0.15) is 6.54 Å². The van der Waals surface area contributed by atoms with E-state index < -0.39 is 0 Å². The average Bonchev–Trinajstić information content (AvgIpc) is 3.55. The highest BCUT2D eigenvalue weighted by molar-refractivity contribution is 6.02. The summed E-state index contributed by atoms with van der Waals surface area (Å²) in [5.74, 6) is -0.0613. The Bertz CT molecular complexity index is 932. The Morgan fingerprint density at radius 3 is 2.40 bits per heavy atom. The number of amides is 3. The highest BCUT2D eigenvalue weighted by atomic mass is 16.2. The van der Waals surface area contributed by atoms with E-state index in [9.17, 15) is 9.59 Å². The fourth-order valence-corrected chi connectivity index (χ4v) is 4.46. The van der Waals surface area contributed by atoms with Crippen LogP contribution in [0.15, 0.2) is 42.5 Å². The number of carbonyl (C=O) groups is 2. The second kappa shape index (κ2) is 8.19. The normalized spacial score (nSPS) is 20.3. The van der Waals surface area contributed by atoms with E-state index in [1.807, 2.05) is 18.2 Å². The van der Waals surface area contributed by atoms with Crippen molar-refractivity contribution in [1.82, 2.24) is 19.7 Å². The second-order valence-corrected chi connectivity index (χ2v) is 8.68. The molecule has 1 aromatic carbocycles. The third-order valence-electron chi connectivity index (χ3n) is 6.25. The molecular weight excluding hydrogens is 376 g/mol. The predicted molar refractivity (Wildman–Crippen MR) is 114 cm³/mol. The minimum absolute atomic E-state index is 0.0613. The number of hydrogen-bond donors (Lipinski definition) is 0. The Balaban J connectivity index is 1.24. The lowest BCUT2D eigenvalue weighted by atomic mass is 10.1. The molecule has 0 N–H and O–H groups in total. The number of rotatable bonds is 6. The van der Waals surface area contributed by atoms with Crippen molar-refractivity contribution in [2.75, 3.05) is 19.6 Å². The van der Waals surface area contributed by atoms with Crippen LogP contribution in [0.2, 0.25) is 0 Å². The van der Waals surface area contributed by atoms with Crippen LogP contribution in [0.25, 0.3) is 11.3 Å². The van der Waals surface area contributed by atoms with Crippen LogP contribution in [0.5, 0.6) is 0 Å². The molecule has 0 spiro atoms. The molecule has 3 heterocycles. The smallest absolute Gasteiger partial charge is 0.311 e. The molecule has 3 amide bonds. The molecule has 5 rings (SSSR count). The summed E-state index contributed by atoms with van der Waals surface area (Å²) in [6, 6.07) is 14.4. The van der Waals surface area contributed by atoms with E-state index in [-0.39, 0.29) is 24.5 Å². The standard InChI is InChI=1S/C24H28N4O2/c29-23-17-27(24(30)28(23)21-11-12-21)15-18-7-9-19(10-8-18)22-6-4-5-20(25-22)16-26-13-2-1-3-14-26/h4-10,21H,1-3,11-17H2. The topological polar surface area (TPSA) is 56.8 Å². The van der Waals surface area contributed by atoms with Gasteiger partial charge >= 0.3 is 6.03 Å². The Kier molecular flexibility index (Phi) is 5.25. The molecule has 30 heavy (non-hydrogen) atoms. The van der Waals surface area contributed by atoms with Crippen molar-refractivity contribution in [3.63, 3.8) is 0 Å². The molecule has 1 saturated carbocycles. The lowest BCUT2D eigenvalue weighted by Crippen LogP contribution is -2.34. The molecule has 2 saturated heterocycles. The molecule has 1 aromatic heterocycles. The highest BCUT2D eigenvalue weighted by Crippen LogP contribution is 2.31. The summed E-state index contributed by atoms with van der Waals surface area (Å²) < 4.78 is 0. The summed E-state index contributed by atoms with van der Waals surface area (Å²) in [7, 11) is 0. The number of aromatic nitrogens is 1. The zero-order chi connectivity index (χ0) is 20.5. The monoisotopic (exact) mass is 404 g/mol. The van der Waals surface area contributed by atoms with Crippen molar-refractivity contribution in [2.24, 2.45) is 0 Å². The van der Waals surface area contributed by atoms with Gasteiger partial charge in [-0.2, -0.15) is 0 Å². The fraction of sp³-hybridized carbons (Fsp3) is 0.458. The fourth-order valence-electron chi connectivity index (χ4n) is 4.46. The van der Waals surface area contributed by atoms with Crippen molar-refractivity contribution in [1.29, 1.82) is 0 Å². The van der Waals surface area contributed by atoms with Crippen LogP contribution in [0.1, 0.15) is 43.4 Å². The van der Waals surface area contributed by atoms with E-state index in [1.165, 1.54) is 24.2 Å². The minimum atomic E-state index is -0.140. The molecule has 1 aliphatic carbocycles. The van der Waals surface area contributed by atoms with Gasteiger partial charge in [-0.15, -0.1) is 0 Å². The number of benzene rings is 1. The molecule has 3 fully saturated rings. The first kappa shape index (κ1) is 19.2. The Labute approximate surface area is 177 Å². The third kappa shape index (κ3) is 4.10. The van der Waals surface area contributed by atoms with Crippen LogP contribution in [0.4, 0.5) is 4.79 Å². The summed E-state index contributed by atoms with van der Waals surface area (Å²) in [5.41, 5.74) is 4.19. The Morgan fingerprint density at radius 1 is 0.900 bits per heavy atom. The quantitative estimate of drug-likeness (QED) is 0.690. The van der Waals surface area contributed by atoms with Crippen molar-refractivity contribution in [3.05, 3.63) is 53.7 Å². The Hall–Kier alpha value is -2.73. The molecule has 0 atom stereocenters. The first-order chi connectivity index (χ1) is 14.7. The summed E-state index contributed by atoms with van der Waals surface area (Å²) in [6.45, 7) is 3.90. The van der Waals surface area contributed by atoms with Crippen molar-refractivity contribution in [3.8, 4) is 11.3 Å². The van der Waals surface area contributed by atoms with E-state index >= 15 is 0 Å². The lowest BCUT2D eigenvalue weighted by Gasteiger charge is -2.26. The maximum absolute atomic E-state index is 12.5. The lowest BCUT2D eigenvalue weighted by molar-refractivity contribution is -0.125. The van der Waals surface area contributed by atoms with Gasteiger partial charge in [-0.05, 0) is 56.5 Å². The number of likely N-dealkylation sites (tertiary alicyclic amines) is 1. The predicted octanol–water partition coefficient (Wildman–Crippen LogP) is 3.66. The zero-order valence-electron chi connectivity index (χ0n) is 17.3. The van der Waals surface area contributed by atoms with Crippen molar-refractivity contribution in [2.45, 2.75) is 51.2 Å². The van der Waals surface area contributed by atoms with Gasteiger partial charge in [-0.25, -0.2) is 4.79 Å². The van der Waals surface area contributed by atoms with Gasteiger partial charge in [-0.1, -0.05) is 36.8 Å². The van der Waals surface area contributed by atoms with Crippen molar-refractivity contribution >= 4 is 11.9 Å². The maximum atomic E-state index is 12.5. The number of imide groups is 1. The molecule has 2 aromatic rings. The average molecular weight is 405 g/mol. The van der Waals surface area contributed by atoms with E-state index in [0.29, 0.717) is 6.54 Å². The van der Waals surface area contributed by atoms with Gasteiger partial charge in [-0.3, -0.25) is 19.6 Å². The summed E-state index contributed by atoms with van der Waals surface area (Å²) in [6.07, 6.45) is 5.80. The largest absolute Gasteiger partial charge is 0.327 e. The number of pyridine rings is 1. The van der Waals surface area contributed by atoms with Crippen LogP contribution in [0.3, 0.4) is 0 Å². The van der Waals surface area contributed by atoms with E-state index in [1.54, 1.807) is 4.90 Å². The molecule has 156 valence electrons. The molecule has 0 radical (unpaired) electrons. The minimum Gasteiger partial charge on any atom is -0.311 e. The number of piperidine rings is 1. The number of hydrogen-bond acceptors (Lipinski definition) is 4. The van der Waals surface area contributed by atoms with Crippen LogP contribution < -0.4 is 0 Å². The first-order valence-electron chi connectivity index (χ1n) is 11.1. The summed E-state index contributed by atoms with van der Waals surface area (Å²) in [4.78, 5) is 35.1.